The normalized spacial score (nSPS) is 18.4. The summed E-state index contributed by atoms with van der Waals surface area (Å²) in [6.07, 6.45) is 4.36. The van der Waals surface area contributed by atoms with Crippen LogP contribution in [-0.2, 0) is 12.8 Å². The Hall–Kier alpha value is -2.93. The Morgan fingerprint density at radius 2 is 1.83 bits per heavy atom. The molecule has 1 aromatic carbocycles. The van der Waals surface area contributed by atoms with Gasteiger partial charge in [-0.3, -0.25) is 9.59 Å². The van der Waals surface area contributed by atoms with Crippen LogP contribution in [0.25, 0.3) is 10.2 Å². The van der Waals surface area contributed by atoms with E-state index in [1.807, 2.05) is 29.2 Å². The van der Waals surface area contributed by atoms with E-state index in [0.29, 0.717) is 40.6 Å². The summed E-state index contributed by atoms with van der Waals surface area (Å²) in [7, 11) is 0. The largest absolute Gasteiger partial charge is 0.397 e. The average Bonchev–Trinajstić information content (AvgIpc) is 3.21. The summed E-state index contributed by atoms with van der Waals surface area (Å²) in [6.45, 7) is 11.4. The first-order chi connectivity index (χ1) is 17.2. The van der Waals surface area contributed by atoms with Crippen molar-refractivity contribution in [1.29, 1.82) is 0 Å². The molecule has 1 amide bonds. The molecule has 7 heteroatoms. The van der Waals surface area contributed by atoms with Crippen LogP contribution in [0.5, 0.6) is 0 Å². The van der Waals surface area contributed by atoms with E-state index in [1.165, 1.54) is 35.4 Å². The number of hydrogen-bond donors (Lipinski definition) is 1. The number of Topliss-reactive ketones (excluding diaryl/α,β-unsaturated/α-hetero) is 1. The van der Waals surface area contributed by atoms with Gasteiger partial charge in [-0.25, -0.2) is 4.98 Å². The third-order valence-corrected chi connectivity index (χ3v) is 9.61. The number of nitrogens with two attached hydrogens (primary N) is 1. The standard InChI is InChI=1S/C29H36N4O2S/c1-5-29(3,4)21-8-11-24-20(16-21)17-23-25(30)26(36-27(23)31-24)28(35)33-14-12-32(13-15-33)22-9-6-19(7-10-22)18(2)34/h6-7,9-10,17,21H,5,8,11-16,30H2,1-4H3. The maximum Gasteiger partial charge on any atom is 0.266 e. The highest BCUT2D eigenvalue weighted by Gasteiger charge is 2.33. The van der Waals surface area contributed by atoms with Gasteiger partial charge in [-0.05, 0) is 73.4 Å². The predicted octanol–water partition coefficient (Wildman–Crippen LogP) is 5.58. The lowest BCUT2D eigenvalue weighted by Gasteiger charge is -2.36. The minimum atomic E-state index is 0.00467. The van der Waals surface area contributed by atoms with Crippen LogP contribution in [0.3, 0.4) is 0 Å². The van der Waals surface area contributed by atoms with Crippen LogP contribution in [0.1, 0.15) is 71.8 Å². The highest BCUT2D eigenvalue weighted by Crippen LogP contribution is 2.42. The molecule has 2 N–H and O–H groups in total. The molecule has 0 spiro atoms. The summed E-state index contributed by atoms with van der Waals surface area (Å²) >= 11 is 1.44. The molecule has 1 atom stereocenters. The smallest absolute Gasteiger partial charge is 0.266 e. The Morgan fingerprint density at radius 3 is 2.47 bits per heavy atom. The molecule has 6 nitrogen and oxygen atoms in total. The second-order valence-corrected chi connectivity index (χ2v) is 12.0. The Morgan fingerprint density at radius 1 is 1.14 bits per heavy atom. The first-order valence-corrected chi connectivity index (χ1v) is 13.9. The molecule has 0 radical (unpaired) electrons. The Bertz CT molecular complexity index is 1300. The number of carbonyl (C=O) groups is 2. The van der Waals surface area contributed by atoms with Crippen LogP contribution in [0, 0.1) is 11.3 Å². The van der Waals surface area contributed by atoms with Gasteiger partial charge in [0.15, 0.2) is 5.78 Å². The van der Waals surface area contributed by atoms with Crippen molar-refractivity contribution in [3.8, 4) is 0 Å². The third kappa shape index (κ3) is 4.49. The summed E-state index contributed by atoms with van der Waals surface area (Å²) in [5, 5.41) is 0.932. The minimum absolute atomic E-state index is 0.00467. The van der Waals surface area contributed by atoms with E-state index >= 15 is 0 Å². The molecule has 1 unspecified atom stereocenters. The number of thiophene rings is 1. The third-order valence-electron chi connectivity index (χ3n) is 8.50. The molecule has 2 aromatic heterocycles. The van der Waals surface area contributed by atoms with Gasteiger partial charge in [-0.2, -0.15) is 0 Å². The number of nitrogen functional groups attached to an aromatic ring is 1. The number of aryl methyl sites for hydroxylation is 1. The minimum Gasteiger partial charge on any atom is -0.397 e. The molecule has 0 saturated carbocycles. The van der Waals surface area contributed by atoms with Crippen molar-refractivity contribution < 1.29 is 9.59 Å². The Labute approximate surface area is 217 Å². The molecule has 36 heavy (non-hydrogen) atoms. The number of piperazine rings is 1. The zero-order valence-electron chi connectivity index (χ0n) is 21.8. The number of carbonyl (C=O) groups excluding carboxylic acids is 2. The quantitative estimate of drug-likeness (QED) is 0.459. The van der Waals surface area contributed by atoms with Crippen molar-refractivity contribution in [1.82, 2.24) is 9.88 Å². The molecule has 1 aliphatic carbocycles. The fourth-order valence-electron chi connectivity index (χ4n) is 5.52. The van der Waals surface area contributed by atoms with Crippen molar-refractivity contribution in [3.05, 3.63) is 52.0 Å². The summed E-state index contributed by atoms with van der Waals surface area (Å²) in [6, 6.07) is 9.91. The van der Waals surface area contributed by atoms with Crippen LogP contribution in [-0.4, -0.2) is 47.8 Å². The first-order valence-electron chi connectivity index (χ1n) is 13.0. The topological polar surface area (TPSA) is 79.5 Å². The summed E-state index contributed by atoms with van der Waals surface area (Å²) in [5.74, 6) is 0.716. The van der Waals surface area contributed by atoms with Gasteiger partial charge in [0, 0.05) is 48.5 Å². The maximum atomic E-state index is 13.5. The second kappa shape index (κ2) is 9.51. The fourth-order valence-corrected chi connectivity index (χ4v) is 6.59. The molecular weight excluding hydrogens is 468 g/mol. The molecule has 1 fully saturated rings. The average molecular weight is 505 g/mol. The first kappa shape index (κ1) is 24.8. The van der Waals surface area contributed by atoms with Gasteiger partial charge < -0.3 is 15.5 Å². The lowest BCUT2D eigenvalue weighted by atomic mass is 9.69. The Kier molecular flexibility index (Phi) is 6.54. The van der Waals surface area contributed by atoms with Crippen LogP contribution < -0.4 is 10.6 Å². The molecule has 5 rings (SSSR count). The number of nitrogens with zero attached hydrogens (tertiary/aromatic N) is 3. The predicted molar refractivity (Wildman–Crippen MR) is 148 cm³/mol. The zero-order valence-corrected chi connectivity index (χ0v) is 22.6. The monoisotopic (exact) mass is 504 g/mol. The lowest BCUT2D eigenvalue weighted by Crippen LogP contribution is -2.48. The van der Waals surface area contributed by atoms with Gasteiger partial charge in [0.05, 0.1) is 5.69 Å². The highest BCUT2D eigenvalue weighted by molar-refractivity contribution is 7.21. The number of rotatable bonds is 5. The van der Waals surface area contributed by atoms with E-state index < -0.39 is 0 Å². The molecule has 3 heterocycles. The number of pyridine rings is 1. The van der Waals surface area contributed by atoms with Crippen molar-refractivity contribution in [2.45, 2.75) is 53.4 Å². The lowest BCUT2D eigenvalue weighted by molar-refractivity contribution is 0.0752. The molecule has 1 aliphatic heterocycles. The van der Waals surface area contributed by atoms with Crippen LogP contribution in [0.15, 0.2) is 30.3 Å². The van der Waals surface area contributed by atoms with Crippen molar-refractivity contribution in [3.63, 3.8) is 0 Å². The number of benzene rings is 1. The van der Waals surface area contributed by atoms with E-state index in [1.54, 1.807) is 6.92 Å². The molecule has 3 aromatic rings. The van der Waals surface area contributed by atoms with E-state index in [2.05, 4.69) is 31.7 Å². The van der Waals surface area contributed by atoms with Gasteiger partial charge in [0.2, 0.25) is 0 Å². The zero-order chi connectivity index (χ0) is 25.6. The van der Waals surface area contributed by atoms with E-state index in [4.69, 9.17) is 10.7 Å². The van der Waals surface area contributed by atoms with Crippen LogP contribution in [0.2, 0.25) is 0 Å². The number of anilines is 2. The van der Waals surface area contributed by atoms with Crippen LogP contribution in [0.4, 0.5) is 11.4 Å². The fraction of sp³-hybridized carbons (Fsp3) is 0.483. The number of fused-ring (bicyclic) bond motifs is 2. The maximum absolute atomic E-state index is 13.5. The number of ketones is 1. The van der Waals surface area contributed by atoms with Crippen molar-refractivity contribution in [2.24, 2.45) is 11.3 Å². The molecular formula is C29H36N4O2S. The number of hydrogen-bond acceptors (Lipinski definition) is 6. The van der Waals surface area contributed by atoms with Gasteiger partial charge in [0.1, 0.15) is 9.71 Å². The molecule has 2 aliphatic rings. The molecule has 1 saturated heterocycles. The number of amides is 1. The Balaban J connectivity index is 1.31. The molecule has 190 valence electrons. The summed E-state index contributed by atoms with van der Waals surface area (Å²) in [5.41, 5.74) is 11.7. The highest BCUT2D eigenvalue weighted by atomic mass is 32.1. The number of aromatic nitrogens is 1. The van der Waals surface area contributed by atoms with Crippen molar-refractivity contribution in [2.75, 3.05) is 36.8 Å². The van der Waals surface area contributed by atoms with Crippen molar-refractivity contribution >= 4 is 44.6 Å². The summed E-state index contributed by atoms with van der Waals surface area (Å²) < 4.78 is 0. The van der Waals surface area contributed by atoms with Gasteiger partial charge in [0.25, 0.3) is 5.91 Å². The molecule has 0 bridgehead atoms. The van der Waals surface area contributed by atoms with Crippen LogP contribution >= 0.6 is 11.3 Å². The van der Waals surface area contributed by atoms with Gasteiger partial charge in [-0.1, -0.05) is 27.2 Å². The second-order valence-electron chi connectivity index (χ2n) is 11.0. The van der Waals surface area contributed by atoms with E-state index in [-0.39, 0.29) is 11.7 Å². The van der Waals surface area contributed by atoms with Gasteiger partial charge >= 0.3 is 0 Å². The SMILES string of the molecule is CCC(C)(C)C1CCc2nc3sc(C(=O)N4CCN(c5ccc(C(C)=O)cc5)CC4)c(N)c3cc2C1. The van der Waals surface area contributed by atoms with E-state index in [9.17, 15) is 9.59 Å². The van der Waals surface area contributed by atoms with E-state index in [0.717, 1.165) is 41.8 Å². The van der Waals surface area contributed by atoms with Gasteiger partial charge in [-0.15, -0.1) is 11.3 Å². The summed E-state index contributed by atoms with van der Waals surface area (Å²) in [4.78, 5) is 35.6.